The molecule has 35 heavy (non-hydrogen) atoms. The molecule has 1 aliphatic rings. The lowest BCUT2D eigenvalue weighted by Gasteiger charge is -2.24. The number of para-hydroxylation sites is 1. The smallest absolute Gasteiger partial charge is 0.272 e. The van der Waals surface area contributed by atoms with Gasteiger partial charge in [-0.25, -0.2) is 9.99 Å². The van der Waals surface area contributed by atoms with Crippen molar-refractivity contribution >= 4 is 94.8 Å². The van der Waals surface area contributed by atoms with Crippen LogP contribution in [-0.4, -0.2) is 27.6 Å². The lowest BCUT2D eigenvalue weighted by Crippen LogP contribution is -2.45. The van der Waals surface area contributed by atoms with Crippen LogP contribution in [0.3, 0.4) is 0 Å². The van der Waals surface area contributed by atoms with Gasteiger partial charge in [-0.3, -0.25) is 15.0 Å². The first-order valence-corrected chi connectivity index (χ1v) is 14.7. The Morgan fingerprint density at radius 3 is 2.51 bits per heavy atom. The molecule has 4 aromatic rings. The minimum Gasteiger partial charge on any atom is -0.272 e. The highest BCUT2D eigenvalue weighted by Crippen LogP contribution is 2.47. The molecule has 0 aliphatic carbocycles. The third-order valence-electron chi connectivity index (χ3n) is 5.11. The summed E-state index contributed by atoms with van der Waals surface area (Å²) < 4.78 is 3.67. The number of halogens is 2. The predicted molar refractivity (Wildman–Crippen MR) is 152 cm³/mol. The number of amides is 2. The van der Waals surface area contributed by atoms with Crippen LogP contribution in [0.15, 0.2) is 91.0 Å². The Morgan fingerprint density at radius 2 is 1.74 bits per heavy atom. The van der Waals surface area contributed by atoms with Gasteiger partial charge in [0.2, 0.25) is 5.91 Å². The number of nitrogens with one attached hydrogen (secondary N) is 1. The van der Waals surface area contributed by atoms with Gasteiger partial charge in [0.15, 0.2) is 4.34 Å². The van der Waals surface area contributed by atoms with Crippen molar-refractivity contribution in [3.05, 3.63) is 97.8 Å². The monoisotopic (exact) mass is 645 g/mol. The number of nitrogens with zero attached hydrogens (tertiary/aromatic N) is 2. The van der Waals surface area contributed by atoms with E-state index in [9.17, 15) is 9.59 Å². The number of thiazole rings is 1. The third-order valence-corrected chi connectivity index (χ3v) is 9.97. The average molecular weight is 647 g/mol. The average Bonchev–Trinajstić information content (AvgIpc) is 3.41. The maximum absolute atomic E-state index is 13.4. The fourth-order valence-electron chi connectivity index (χ4n) is 3.47. The number of hydrazine groups is 1. The number of fused-ring (bicyclic) bond motifs is 1. The highest BCUT2D eigenvalue weighted by atomic mass is 79.9. The second kappa shape index (κ2) is 10.9. The van der Waals surface area contributed by atoms with Crippen molar-refractivity contribution in [2.75, 3.05) is 5.75 Å². The van der Waals surface area contributed by atoms with Crippen molar-refractivity contribution < 1.29 is 9.59 Å². The lowest BCUT2D eigenvalue weighted by molar-refractivity contribution is -0.137. The van der Waals surface area contributed by atoms with E-state index in [2.05, 4.69) is 42.3 Å². The van der Waals surface area contributed by atoms with E-state index >= 15 is 0 Å². The Morgan fingerprint density at radius 1 is 1.03 bits per heavy atom. The Kier molecular flexibility index (Phi) is 7.64. The molecule has 0 radical (unpaired) electrons. The summed E-state index contributed by atoms with van der Waals surface area (Å²) in [5, 5.41) is 1.03. The molecule has 0 bridgehead atoms. The van der Waals surface area contributed by atoms with Gasteiger partial charge in [0.25, 0.3) is 5.91 Å². The van der Waals surface area contributed by atoms with Gasteiger partial charge in [0.05, 0.1) is 20.9 Å². The van der Waals surface area contributed by atoms with Crippen molar-refractivity contribution in [1.82, 2.24) is 15.4 Å². The number of carbonyl (C=O) groups is 2. The molecule has 1 N–H and O–H groups in total. The number of thioether (sulfide) groups is 2. The molecule has 1 unspecified atom stereocenters. The van der Waals surface area contributed by atoms with Crippen LogP contribution in [0.2, 0.25) is 0 Å². The van der Waals surface area contributed by atoms with E-state index in [-0.39, 0.29) is 17.6 Å². The summed E-state index contributed by atoms with van der Waals surface area (Å²) in [6.07, 6.45) is 1.85. The molecular formula is C25H17Br2N3O2S3. The second-order valence-electron chi connectivity index (χ2n) is 7.47. The van der Waals surface area contributed by atoms with Gasteiger partial charge in [-0.2, -0.15) is 0 Å². The molecule has 3 aromatic carbocycles. The molecule has 5 rings (SSSR count). The zero-order valence-corrected chi connectivity index (χ0v) is 23.6. The highest BCUT2D eigenvalue weighted by molar-refractivity contribution is 9.10. The van der Waals surface area contributed by atoms with E-state index < -0.39 is 5.37 Å². The topological polar surface area (TPSA) is 62.3 Å². The quantitative estimate of drug-likeness (QED) is 0.176. The predicted octanol–water partition coefficient (Wildman–Crippen LogP) is 7.26. The molecule has 10 heteroatoms. The Bertz CT molecular complexity index is 1420. The maximum Gasteiger partial charge on any atom is 0.280 e. The van der Waals surface area contributed by atoms with E-state index in [0.717, 1.165) is 34.6 Å². The number of hydrogen-bond donors (Lipinski definition) is 1. The van der Waals surface area contributed by atoms with Gasteiger partial charge < -0.3 is 0 Å². The second-order valence-corrected chi connectivity index (χ2v) is 12.6. The van der Waals surface area contributed by atoms with Crippen LogP contribution in [0.1, 0.15) is 16.5 Å². The summed E-state index contributed by atoms with van der Waals surface area (Å²) in [5.74, 6) is -0.354. The zero-order valence-electron chi connectivity index (χ0n) is 18.0. The van der Waals surface area contributed by atoms with E-state index in [1.54, 1.807) is 11.3 Å². The first kappa shape index (κ1) is 24.6. The number of carbonyl (C=O) groups excluding carboxylic acids is 2. The molecule has 1 fully saturated rings. The summed E-state index contributed by atoms with van der Waals surface area (Å²) in [6, 6.07) is 23.3. The Labute approximate surface area is 231 Å². The van der Waals surface area contributed by atoms with Gasteiger partial charge in [-0.05, 0) is 35.9 Å². The summed E-state index contributed by atoms with van der Waals surface area (Å²) >= 11 is 11.5. The van der Waals surface area contributed by atoms with Gasteiger partial charge in [-0.1, -0.05) is 104 Å². The third kappa shape index (κ3) is 5.51. The Hall–Kier alpha value is -2.11. The molecule has 2 heterocycles. The fourth-order valence-corrected chi connectivity index (χ4v) is 7.61. The van der Waals surface area contributed by atoms with E-state index in [1.165, 1.54) is 28.5 Å². The van der Waals surface area contributed by atoms with E-state index in [4.69, 9.17) is 0 Å². The fraction of sp³-hybridized carbons (Fsp3) is 0.0800. The van der Waals surface area contributed by atoms with Gasteiger partial charge in [0.1, 0.15) is 5.37 Å². The van der Waals surface area contributed by atoms with Crippen LogP contribution in [0.5, 0.6) is 0 Å². The largest absolute Gasteiger partial charge is 0.280 e. The minimum absolute atomic E-state index is 0.153. The summed E-state index contributed by atoms with van der Waals surface area (Å²) in [7, 11) is 0. The molecule has 2 amide bonds. The van der Waals surface area contributed by atoms with Crippen molar-refractivity contribution in [2.45, 2.75) is 9.71 Å². The van der Waals surface area contributed by atoms with Crippen LogP contribution >= 0.6 is 66.7 Å². The van der Waals surface area contributed by atoms with Crippen LogP contribution in [0.25, 0.3) is 16.3 Å². The molecular weight excluding hydrogens is 630 g/mol. The van der Waals surface area contributed by atoms with Crippen LogP contribution in [0, 0.1) is 0 Å². The molecule has 1 atom stereocenters. The van der Waals surface area contributed by atoms with E-state index in [1.807, 2.05) is 78.9 Å². The molecule has 1 aromatic heterocycles. The highest BCUT2D eigenvalue weighted by Gasteiger charge is 2.39. The summed E-state index contributed by atoms with van der Waals surface area (Å²) in [5.41, 5.74) is 5.56. The minimum atomic E-state index is -0.400. The molecule has 1 aliphatic heterocycles. The van der Waals surface area contributed by atoms with Crippen LogP contribution < -0.4 is 5.43 Å². The van der Waals surface area contributed by atoms with Crippen molar-refractivity contribution in [2.24, 2.45) is 0 Å². The number of aromatic nitrogens is 1. The van der Waals surface area contributed by atoms with E-state index in [0.29, 0.717) is 4.91 Å². The number of hydrogen-bond acceptors (Lipinski definition) is 6. The standard InChI is InChI=1S/C25H17Br2N3O2S3/c26-17-9-3-1-7-15(17)13-21-23(32)30(24(34-21)16-8-2-4-10-18(16)27)29-22(31)14-33-25-28-19-11-5-6-12-20(19)35-25/h1-13,24H,14H2,(H,29,31)/b21-13-. The molecule has 1 saturated heterocycles. The Balaban J connectivity index is 1.37. The lowest BCUT2D eigenvalue weighted by atomic mass is 10.2. The zero-order chi connectivity index (χ0) is 24.4. The van der Waals surface area contributed by atoms with Crippen LogP contribution in [-0.2, 0) is 9.59 Å². The summed E-state index contributed by atoms with van der Waals surface area (Å²) in [6.45, 7) is 0. The first-order valence-electron chi connectivity index (χ1n) is 10.5. The SMILES string of the molecule is O=C(CSc1nc2ccccc2s1)NN1C(=O)/C(=C/c2ccccc2Br)SC1c1ccccc1Br. The number of rotatable bonds is 6. The molecule has 0 saturated carbocycles. The molecule has 176 valence electrons. The number of benzene rings is 3. The van der Waals surface area contributed by atoms with Crippen molar-refractivity contribution in [1.29, 1.82) is 0 Å². The van der Waals surface area contributed by atoms with Gasteiger partial charge in [0, 0.05) is 14.5 Å². The van der Waals surface area contributed by atoms with Crippen molar-refractivity contribution in [3.63, 3.8) is 0 Å². The van der Waals surface area contributed by atoms with Crippen molar-refractivity contribution in [3.8, 4) is 0 Å². The van der Waals surface area contributed by atoms with Gasteiger partial charge in [-0.15, -0.1) is 11.3 Å². The maximum atomic E-state index is 13.4. The normalized spacial score (nSPS) is 16.9. The molecule has 5 nitrogen and oxygen atoms in total. The van der Waals surface area contributed by atoms with Crippen LogP contribution in [0.4, 0.5) is 0 Å². The first-order chi connectivity index (χ1) is 17.0. The molecule has 0 spiro atoms. The summed E-state index contributed by atoms with van der Waals surface area (Å²) in [4.78, 5) is 31.5. The van der Waals surface area contributed by atoms with Gasteiger partial charge >= 0.3 is 0 Å².